The van der Waals surface area contributed by atoms with Crippen molar-refractivity contribution in [2.75, 3.05) is 0 Å². The average Bonchev–Trinajstić information content (AvgIpc) is 3.38. The van der Waals surface area contributed by atoms with Crippen LogP contribution >= 0.6 is 0 Å². The molecule has 2 nitrogen and oxygen atoms in total. The van der Waals surface area contributed by atoms with Gasteiger partial charge in [0.15, 0.2) is 0 Å². The lowest BCUT2D eigenvalue weighted by Crippen LogP contribution is -1.93. The van der Waals surface area contributed by atoms with E-state index < -0.39 is 0 Å². The Morgan fingerprint density at radius 1 is 0.439 bits per heavy atom. The summed E-state index contributed by atoms with van der Waals surface area (Å²) in [5, 5.41) is 10.2. The average molecular weight is 521 g/mol. The van der Waals surface area contributed by atoms with Crippen LogP contribution in [0.25, 0.3) is 82.2 Å². The predicted octanol–water partition coefficient (Wildman–Crippen LogP) is 10.4. The van der Waals surface area contributed by atoms with Crippen LogP contribution in [0, 0.1) is 0 Å². The van der Waals surface area contributed by atoms with Crippen LogP contribution in [0.2, 0.25) is 0 Å². The highest BCUT2D eigenvalue weighted by atomic mass is 15.0. The van der Waals surface area contributed by atoms with E-state index in [9.17, 15) is 0 Å². The SMILES string of the molecule is c1ccc(-n2c3ccccc3c3cc(-c4ccc5ccc6c(-c7ccccn7)ccc7ccc4c5c76)ccc32)cc1. The molecule has 0 atom stereocenters. The Balaban J connectivity index is 1.32. The first-order valence-electron chi connectivity index (χ1n) is 14.1. The van der Waals surface area contributed by atoms with Crippen molar-refractivity contribution in [3.05, 3.63) is 146 Å². The van der Waals surface area contributed by atoms with Gasteiger partial charge in [0.2, 0.25) is 0 Å². The molecule has 7 aromatic carbocycles. The molecule has 0 radical (unpaired) electrons. The van der Waals surface area contributed by atoms with Crippen molar-refractivity contribution < 1.29 is 0 Å². The van der Waals surface area contributed by atoms with Crippen LogP contribution < -0.4 is 0 Å². The summed E-state index contributed by atoms with van der Waals surface area (Å²) in [6.07, 6.45) is 1.87. The standard InChI is InChI=1S/C39H24N2/c1-2-8-28(9-3-1)41-36-12-5-4-10-31(36)34-24-27(17-22-37(34)41)29-18-13-25-16-21-33-30(35-11-6-7-23-40-35)19-14-26-15-20-32(29)38(25)39(26)33/h1-24H. The minimum Gasteiger partial charge on any atom is -0.309 e. The van der Waals surface area contributed by atoms with Gasteiger partial charge >= 0.3 is 0 Å². The molecule has 41 heavy (non-hydrogen) atoms. The minimum atomic E-state index is 1.01. The highest BCUT2D eigenvalue weighted by Gasteiger charge is 2.17. The molecule has 2 heteroatoms. The molecule has 0 spiro atoms. The molecule has 190 valence electrons. The summed E-state index contributed by atoms with van der Waals surface area (Å²) in [4.78, 5) is 4.67. The molecule has 0 saturated heterocycles. The maximum absolute atomic E-state index is 4.67. The summed E-state index contributed by atoms with van der Waals surface area (Å²) in [6, 6.07) is 50.6. The fraction of sp³-hybridized carbons (Fsp3) is 0. The lowest BCUT2D eigenvalue weighted by molar-refractivity contribution is 1.18. The second kappa shape index (κ2) is 8.51. The van der Waals surface area contributed by atoms with Gasteiger partial charge in [0, 0.05) is 28.2 Å². The van der Waals surface area contributed by atoms with E-state index in [2.05, 4.69) is 143 Å². The maximum atomic E-state index is 4.67. The molecule has 0 saturated carbocycles. The summed E-state index contributed by atoms with van der Waals surface area (Å²) in [5.41, 5.74) is 8.30. The number of benzene rings is 7. The van der Waals surface area contributed by atoms with Crippen molar-refractivity contribution >= 4 is 54.1 Å². The van der Waals surface area contributed by atoms with Crippen LogP contribution in [-0.4, -0.2) is 9.55 Å². The number of hydrogen-bond donors (Lipinski definition) is 0. The maximum Gasteiger partial charge on any atom is 0.0708 e. The van der Waals surface area contributed by atoms with Gasteiger partial charge in [-0.15, -0.1) is 0 Å². The van der Waals surface area contributed by atoms with Crippen molar-refractivity contribution in [2.24, 2.45) is 0 Å². The Morgan fingerprint density at radius 3 is 1.88 bits per heavy atom. The van der Waals surface area contributed by atoms with E-state index in [1.807, 2.05) is 12.3 Å². The third-order valence-corrected chi connectivity index (χ3v) is 8.60. The van der Waals surface area contributed by atoms with E-state index in [0.29, 0.717) is 0 Å². The Kier molecular flexibility index (Phi) is 4.64. The molecule has 0 N–H and O–H groups in total. The Morgan fingerprint density at radius 2 is 1.10 bits per heavy atom. The quantitative estimate of drug-likeness (QED) is 0.212. The first-order chi connectivity index (χ1) is 20.3. The summed E-state index contributed by atoms with van der Waals surface area (Å²) >= 11 is 0. The van der Waals surface area contributed by atoms with Gasteiger partial charge in [-0.1, -0.05) is 97.1 Å². The monoisotopic (exact) mass is 520 g/mol. The lowest BCUT2D eigenvalue weighted by atomic mass is 9.88. The largest absolute Gasteiger partial charge is 0.309 e. The number of aromatic nitrogens is 2. The van der Waals surface area contributed by atoms with Crippen LogP contribution in [0.3, 0.4) is 0 Å². The molecule has 0 aliphatic carbocycles. The number of pyridine rings is 1. The summed E-state index contributed by atoms with van der Waals surface area (Å²) in [5.74, 6) is 0. The highest BCUT2D eigenvalue weighted by Crippen LogP contribution is 2.43. The van der Waals surface area contributed by atoms with Crippen molar-refractivity contribution in [3.63, 3.8) is 0 Å². The smallest absolute Gasteiger partial charge is 0.0708 e. The lowest BCUT2D eigenvalue weighted by Gasteiger charge is -2.16. The van der Waals surface area contributed by atoms with Gasteiger partial charge in [-0.3, -0.25) is 4.98 Å². The molecule has 0 aliphatic heterocycles. The van der Waals surface area contributed by atoms with E-state index in [-0.39, 0.29) is 0 Å². The zero-order valence-electron chi connectivity index (χ0n) is 22.3. The van der Waals surface area contributed by atoms with E-state index >= 15 is 0 Å². The van der Waals surface area contributed by atoms with Crippen molar-refractivity contribution in [1.82, 2.24) is 9.55 Å². The van der Waals surface area contributed by atoms with Crippen LogP contribution in [0.1, 0.15) is 0 Å². The normalized spacial score (nSPS) is 11.9. The molecule has 0 bridgehead atoms. The van der Waals surface area contributed by atoms with Crippen LogP contribution in [0.15, 0.2) is 146 Å². The second-order valence-electron chi connectivity index (χ2n) is 10.8. The van der Waals surface area contributed by atoms with Gasteiger partial charge in [-0.25, -0.2) is 0 Å². The van der Waals surface area contributed by atoms with Crippen LogP contribution in [0.5, 0.6) is 0 Å². The van der Waals surface area contributed by atoms with Crippen LogP contribution in [0.4, 0.5) is 0 Å². The first kappa shape index (κ1) is 22.4. The first-order valence-corrected chi connectivity index (χ1v) is 14.1. The summed E-state index contributed by atoms with van der Waals surface area (Å²) in [7, 11) is 0. The number of nitrogens with zero attached hydrogens (tertiary/aromatic N) is 2. The van der Waals surface area contributed by atoms with Gasteiger partial charge in [-0.05, 0) is 85.9 Å². The molecule has 2 aromatic heterocycles. The zero-order chi connectivity index (χ0) is 26.9. The van der Waals surface area contributed by atoms with E-state index in [0.717, 1.165) is 5.69 Å². The third kappa shape index (κ3) is 3.22. The van der Waals surface area contributed by atoms with Gasteiger partial charge in [-0.2, -0.15) is 0 Å². The molecule has 9 rings (SSSR count). The Labute approximate surface area is 237 Å². The van der Waals surface area contributed by atoms with E-state index in [1.54, 1.807) is 0 Å². The Hall–Kier alpha value is -5.47. The number of para-hydroxylation sites is 2. The zero-order valence-corrected chi connectivity index (χ0v) is 22.3. The van der Waals surface area contributed by atoms with Crippen LogP contribution in [-0.2, 0) is 0 Å². The molecule has 0 amide bonds. The van der Waals surface area contributed by atoms with Gasteiger partial charge in [0.25, 0.3) is 0 Å². The molecular weight excluding hydrogens is 496 g/mol. The predicted molar refractivity (Wildman–Crippen MR) is 173 cm³/mol. The second-order valence-corrected chi connectivity index (χ2v) is 10.8. The number of rotatable bonds is 3. The number of fused-ring (bicyclic) bond motifs is 3. The molecule has 0 aliphatic rings. The molecule has 9 aromatic rings. The molecular formula is C39H24N2. The number of hydrogen-bond acceptors (Lipinski definition) is 1. The van der Waals surface area contributed by atoms with Crippen molar-refractivity contribution in [2.45, 2.75) is 0 Å². The van der Waals surface area contributed by atoms with Gasteiger partial charge in [0.1, 0.15) is 0 Å². The molecule has 0 unspecified atom stereocenters. The van der Waals surface area contributed by atoms with E-state index in [4.69, 9.17) is 0 Å². The summed E-state index contributed by atoms with van der Waals surface area (Å²) < 4.78 is 2.37. The Bertz CT molecular complexity index is 2400. The molecule has 2 heterocycles. The van der Waals surface area contributed by atoms with Gasteiger partial charge < -0.3 is 4.57 Å². The summed E-state index contributed by atoms with van der Waals surface area (Å²) in [6.45, 7) is 0. The highest BCUT2D eigenvalue weighted by molar-refractivity contribution is 6.27. The molecule has 0 fully saturated rings. The topological polar surface area (TPSA) is 17.8 Å². The van der Waals surface area contributed by atoms with Gasteiger partial charge in [0.05, 0.1) is 16.7 Å². The van der Waals surface area contributed by atoms with E-state index in [1.165, 1.54) is 76.5 Å². The fourth-order valence-electron chi connectivity index (χ4n) is 6.79. The van der Waals surface area contributed by atoms with Crippen molar-refractivity contribution in [1.29, 1.82) is 0 Å². The fourth-order valence-corrected chi connectivity index (χ4v) is 6.79. The minimum absolute atomic E-state index is 1.01. The third-order valence-electron chi connectivity index (χ3n) is 8.60. The van der Waals surface area contributed by atoms with Crippen molar-refractivity contribution in [3.8, 4) is 28.1 Å².